The molecule has 1 aromatic heterocycles. The molecule has 3 rings (SSSR count). The molecular formula is C20H22N4OS. The second-order valence-electron chi connectivity index (χ2n) is 6.34. The summed E-state index contributed by atoms with van der Waals surface area (Å²) in [7, 11) is 0. The van der Waals surface area contributed by atoms with E-state index in [0.717, 1.165) is 17.7 Å². The van der Waals surface area contributed by atoms with Crippen LogP contribution in [0.2, 0.25) is 0 Å². The van der Waals surface area contributed by atoms with E-state index in [1.54, 1.807) is 4.68 Å². The zero-order valence-corrected chi connectivity index (χ0v) is 16.2. The molecule has 1 unspecified atom stereocenters. The van der Waals surface area contributed by atoms with E-state index in [2.05, 4.69) is 35.4 Å². The van der Waals surface area contributed by atoms with E-state index in [1.165, 1.54) is 22.9 Å². The number of carbonyl (C=O) groups excluding carboxylic acids is 1. The summed E-state index contributed by atoms with van der Waals surface area (Å²) in [4.78, 5) is 12.7. The van der Waals surface area contributed by atoms with Crippen LogP contribution >= 0.6 is 11.8 Å². The highest BCUT2D eigenvalue weighted by Gasteiger charge is 2.21. The van der Waals surface area contributed by atoms with Crippen molar-refractivity contribution in [2.75, 3.05) is 0 Å². The van der Waals surface area contributed by atoms with Crippen LogP contribution in [0.3, 0.4) is 0 Å². The minimum Gasteiger partial charge on any atom is -0.293 e. The lowest BCUT2D eigenvalue weighted by Gasteiger charge is -2.12. The van der Waals surface area contributed by atoms with Gasteiger partial charge in [-0.25, -0.2) is 0 Å². The van der Waals surface area contributed by atoms with Gasteiger partial charge in [0, 0.05) is 5.56 Å². The number of carbonyl (C=O) groups is 1. The minimum absolute atomic E-state index is 0.0767. The van der Waals surface area contributed by atoms with Crippen LogP contribution in [0, 0.1) is 13.8 Å². The van der Waals surface area contributed by atoms with Gasteiger partial charge in [0.2, 0.25) is 5.16 Å². The Kier molecular flexibility index (Phi) is 5.52. The molecule has 0 aliphatic heterocycles. The summed E-state index contributed by atoms with van der Waals surface area (Å²) in [6.07, 6.45) is 0.962. The number of Topliss-reactive ketones (excluding diaryl/α,β-unsaturated/α-hetero) is 1. The molecule has 0 aliphatic rings. The van der Waals surface area contributed by atoms with Crippen LogP contribution < -0.4 is 0 Å². The number of nitrogens with zero attached hydrogens (tertiary/aromatic N) is 4. The van der Waals surface area contributed by atoms with Crippen LogP contribution in [0.5, 0.6) is 0 Å². The third-order valence-corrected chi connectivity index (χ3v) is 5.35. The van der Waals surface area contributed by atoms with Crippen molar-refractivity contribution in [1.82, 2.24) is 20.2 Å². The maximum Gasteiger partial charge on any atom is 0.214 e. The zero-order chi connectivity index (χ0) is 18.7. The number of tetrazole rings is 1. The maximum atomic E-state index is 12.7. The van der Waals surface area contributed by atoms with Crippen molar-refractivity contribution in [2.45, 2.75) is 44.5 Å². The molecule has 26 heavy (non-hydrogen) atoms. The van der Waals surface area contributed by atoms with Crippen molar-refractivity contribution < 1.29 is 4.79 Å². The third kappa shape index (κ3) is 3.85. The van der Waals surface area contributed by atoms with Crippen LogP contribution in [-0.2, 0) is 6.42 Å². The van der Waals surface area contributed by atoms with Crippen LogP contribution in [0.15, 0.2) is 47.6 Å². The highest BCUT2D eigenvalue weighted by Crippen LogP contribution is 2.26. The van der Waals surface area contributed by atoms with Crippen LogP contribution in [-0.4, -0.2) is 31.2 Å². The normalized spacial score (nSPS) is 12.2. The van der Waals surface area contributed by atoms with Crippen molar-refractivity contribution in [3.8, 4) is 5.69 Å². The molecule has 5 nitrogen and oxygen atoms in total. The Hall–Kier alpha value is -2.47. The fourth-order valence-electron chi connectivity index (χ4n) is 2.80. The Morgan fingerprint density at radius 2 is 1.88 bits per heavy atom. The molecule has 0 aliphatic carbocycles. The average Bonchev–Trinajstić information content (AvgIpc) is 3.09. The Morgan fingerprint density at radius 1 is 1.15 bits per heavy atom. The lowest BCUT2D eigenvalue weighted by Crippen LogP contribution is -2.15. The van der Waals surface area contributed by atoms with Crippen LogP contribution in [0.4, 0.5) is 0 Å². The molecule has 1 heterocycles. The fourth-order valence-corrected chi connectivity index (χ4v) is 3.68. The van der Waals surface area contributed by atoms with Crippen molar-refractivity contribution in [3.05, 3.63) is 64.7 Å². The van der Waals surface area contributed by atoms with E-state index >= 15 is 0 Å². The molecule has 0 fully saturated rings. The van der Waals surface area contributed by atoms with Gasteiger partial charge >= 0.3 is 0 Å². The van der Waals surface area contributed by atoms with E-state index < -0.39 is 0 Å². The first-order chi connectivity index (χ1) is 12.5. The molecule has 0 spiro atoms. The standard InChI is InChI=1S/C20H22N4OS/c1-5-16-7-9-17(10-8-16)19(25)15(4)26-20-21-22-23-24(20)18-11-6-13(2)12-14(18)3/h6-12,15H,5H2,1-4H3. The topological polar surface area (TPSA) is 60.7 Å². The highest BCUT2D eigenvalue weighted by atomic mass is 32.2. The van der Waals surface area contributed by atoms with Gasteiger partial charge in [-0.15, -0.1) is 5.10 Å². The fraction of sp³-hybridized carbons (Fsp3) is 0.300. The van der Waals surface area contributed by atoms with Gasteiger partial charge in [-0.2, -0.15) is 4.68 Å². The summed E-state index contributed by atoms with van der Waals surface area (Å²) >= 11 is 1.37. The number of aromatic nitrogens is 4. The lowest BCUT2D eigenvalue weighted by atomic mass is 10.1. The Morgan fingerprint density at radius 3 is 2.54 bits per heavy atom. The van der Waals surface area contributed by atoms with E-state index in [1.807, 2.05) is 50.2 Å². The van der Waals surface area contributed by atoms with Crippen molar-refractivity contribution in [1.29, 1.82) is 0 Å². The van der Waals surface area contributed by atoms with Crippen molar-refractivity contribution in [2.24, 2.45) is 0 Å². The summed E-state index contributed by atoms with van der Waals surface area (Å²) < 4.78 is 1.70. The van der Waals surface area contributed by atoms with Gasteiger partial charge in [-0.3, -0.25) is 4.79 Å². The Balaban J connectivity index is 1.80. The third-order valence-electron chi connectivity index (χ3n) is 4.32. The Labute approximate surface area is 157 Å². The maximum absolute atomic E-state index is 12.7. The summed E-state index contributed by atoms with van der Waals surface area (Å²) in [5.74, 6) is 0.0767. The SMILES string of the molecule is CCc1ccc(C(=O)C(C)Sc2nnnn2-c2ccc(C)cc2C)cc1. The number of aryl methyl sites for hydroxylation is 3. The Bertz CT molecular complexity index is 918. The van der Waals surface area contributed by atoms with Crippen molar-refractivity contribution in [3.63, 3.8) is 0 Å². The predicted octanol–water partition coefficient (Wildman–Crippen LogP) is 4.21. The second-order valence-corrected chi connectivity index (χ2v) is 7.65. The minimum atomic E-state index is -0.280. The largest absolute Gasteiger partial charge is 0.293 e. The summed E-state index contributed by atoms with van der Waals surface area (Å²) in [6.45, 7) is 8.07. The number of rotatable bonds is 6. The number of benzene rings is 2. The van der Waals surface area contributed by atoms with E-state index in [4.69, 9.17) is 0 Å². The van der Waals surface area contributed by atoms with Gasteiger partial charge < -0.3 is 0 Å². The highest BCUT2D eigenvalue weighted by molar-refractivity contribution is 8.00. The lowest BCUT2D eigenvalue weighted by molar-refractivity contribution is 0.0994. The van der Waals surface area contributed by atoms with E-state index in [9.17, 15) is 4.79 Å². The predicted molar refractivity (Wildman–Crippen MR) is 104 cm³/mol. The van der Waals surface area contributed by atoms with Crippen LogP contribution in [0.25, 0.3) is 5.69 Å². The van der Waals surface area contributed by atoms with Crippen LogP contribution in [0.1, 0.15) is 40.9 Å². The van der Waals surface area contributed by atoms with Gasteiger partial charge in [0.05, 0.1) is 10.9 Å². The first-order valence-corrected chi connectivity index (χ1v) is 9.53. The van der Waals surface area contributed by atoms with Gasteiger partial charge in [-0.05, 0) is 54.8 Å². The molecule has 0 N–H and O–H groups in total. The first kappa shape index (κ1) is 18.3. The number of thioether (sulfide) groups is 1. The number of hydrogen-bond acceptors (Lipinski definition) is 5. The average molecular weight is 366 g/mol. The second kappa shape index (κ2) is 7.83. The molecule has 1 atom stereocenters. The summed E-state index contributed by atoms with van der Waals surface area (Å²) in [5, 5.41) is 12.4. The quantitative estimate of drug-likeness (QED) is 0.483. The molecule has 6 heteroatoms. The van der Waals surface area contributed by atoms with Gasteiger partial charge in [0.15, 0.2) is 5.78 Å². The monoisotopic (exact) mass is 366 g/mol. The van der Waals surface area contributed by atoms with E-state index in [-0.39, 0.29) is 11.0 Å². The molecular weight excluding hydrogens is 344 g/mol. The van der Waals surface area contributed by atoms with Gasteiger partial charge in [-0.1, -0.05) is 60.6 Å². The number of ketones is 1. The summed E-state index contributed by atoms with van der Waals surface area (Å²) in [5.41, 5.74) is 5.14. The van der Waals surface area contributed by atoms with E-state index in [0.29, 0.717) is 10.7 Å². The summed E-state index contributed by atoms with van der Waals surface area (Å²) in [6, 6.07) is 13.9. The molecule has 0 radical (unpaired) electrons. The zero-order valence-electron chi connectivity index (χ0n) is 15.4. The molecule has 134 valence electrons. The molecule has 2 aromatic carbocycles. The van der Waals surface area contributed by atoms with Crippen molar-refractivity contribution >= 4 is 17.5 Å². The molecule has 0 bridgehead atoms. The molecule has 0 saturated carbocycles. The number of hydrogen-bond donors (Lipinski definition) is 0. The molecule has 0 amide bonds. The molecule has 0 saturated heterocycles. The van der Waals surface area contributed by atoms with Gasteiger partial charge in [0.1, 0.15) is 0 Å². The smallest absolute Gasteiger partial charge is 0.214 e. The first-order valence-electron chi connectivity index (χ1n) is 8.65. The van der Waals surface area contributed by atoms with Gasteiger partial charge in [0.25, 0.3) is 0 Å². The molecule has 3 aromatic rings.